The second-order valence-corrected chi connectivity index (χ2v) is 5.19. The maximum Gasteiger partial charge on any atom is 0.137 e. The summed E-state index contributed by atoms with van der Waals surface area (Å²) in [6, 6.07) is 0. The quantitative estimate of drug-likeness (QED) is 0.509. The molecule has 0 bridgehead atoms. The molecule has 0 aliphatic heterocycles. The van der Waals surface area contributed by atoms with Gasteiger partial charge in [-0.15, -0.1) is 0 Å². The molecule has 104 valence electrons. The number of hydrogen-bond acceptors (Lipinski definition) is 2. The first-order valence-corrected chi connectivity index (χ1v) is 7.76. The van der Waals surface area contributed by atoms with Gasteiger partial charge in [-0.3, -0.25) is 4.68 Å². The SMILES string of the molecule is CCCCCCCCCCCCCn1cncn1. The summed E-state index contributed by atoms with van der Waals surface area (Å²) in [7, 11) is 0. The van der Waals surface area contributed by atoms with Crippen LogP contribution in [0.15, 0.2) is 12.7 Å². The molecule has 3 nitrogen and oxygen atoms in total. The lowest BCUT2D eigenvalue weighted by Crippen LogP contribution is -1.97. The van der Waals surface area contributed by atoms with Crippen LogP contribution < -0.4 is 0 Å². The highest BCUT2D eigenvalue weighted by Gasteiger charge is 1.94. The van der Waals surface area contributed by atoms with E-state index >= 15 is 0 Å². The van der Waals surface area contributed by atoms with Crippen LogP contribution in [0.2, 0.25) is 0 Å². The number of unbranched alkanes of at least 4 members (excludes halogenated alkanes) is 10. The molecule has 0 fully saturated rings. The van der Waals surface area contributed by atoms with Gasteiger partial charge in [-0.2, -0.15) is 5.10 Å². The third-order valence-corrected chi connectivity index (χ3v) is 3.46. The number of aryl methyl sites for hydroxylation is 1. The van der Waals surface area contributed by atoms with Crippen LogP contribution in [0, 0.1) is 0 Å². The zero-order chi connectivity index (χ0) is 12.9. The van der Waals surface area contributed by atoms with Crippen LogP contribution in [0.4, 0.5) is 0 Å². The average Bonchev–Trinajstić information content (AvgIpc) is 2.89. The Labute approximate surface area is 112 Å². The number of nitrogens with zero attached hydrogens (tertiary/aromatic N) is 3. The molecule has 0 atom stereocenters. The van der Waals surface area contributed by atoms with Gasteiger partial charge in [0.05, 0.1) is 0 Å². The standard InChI is InChI=1S/C15H29N3/c1-2-3-4-5-6-7-8-9-10-11-12-13-18-15-16-14-17-18/h14-15H,2-13H2,1H3. The summed E-state index contributed by atoms with van der Waals surface area (Å²) in [6.07, 6.45) is 18.7. The third-order valence-electron chi connectivity index (χ3n) is 3.46. The highest BCUT2D eigenvalue weighted by atomic mass is 15.3. The molecule has 0 aromatic carbocycles. The van der Waals surface area contributed by atoms with E-state index in [0.29, 0.717) is 0 Å². The van der Waals surface area contributed by atoms with E-state index in [1.54, 1.807) is 12.7 Å². The molecule has 18 heavy (non-hydrogen) atoms. The molecule has 1 aromatic rings. The summed E-state index contributed by atoms with van der Waals surface area (Å²) in [6.45, 7) is 3.30. The van der Waals surface area contributed by atoms with Crippen molar-refractivity contribution in [3.05, 3.63) is 12.7 Å². The fourth-order valence-electron chi connectivity index (χ4n) is 2.29. The van der Waals surface area contributed by atoms with Crippen molar-refractivity contribution < 1.29 is 0 Å². The number of hydrogen-bond donors (Lipinski definition) is 0. The summed E-state index contributed by atoms with van der Waals surface area (Å²) in [4.78, 5) is 3.94. The maximum absolute atomic E-state index is 4.10. The fraction of sp³-hybridized carbons (Fsp3) is 0.867. The van der Waals surface area contributed by atoms with Crippen molar-refractivity contribution in [2.45, 2.75) is 84.1 Å². The van der Waals surface area contributed by atoms with Crippen LogP contribution in [-0.2, 0) is 6.54 Å². The zero-order valence-corrected chi connectivity index (χ0v) is 12.0. The van der Waals surface area contributed by atoms with Crippen molar-refractivity contribution in [3.63, 3.8) is 0 Å². The normalized spacial score (nSPS) is 10.9. The van der Waals surface area contributed by atoms with Gasteiger partial charge in [0.1, 0.15) is 12.7 Å². The Bertz CT molecular complexity index is 257. The number of rotatable bonds is 12. The molecule has 3 heteroatoms. The third kappa shape index (κ3) is 8.26. The van der Waals surface area contributed by atoms with Gasteiger partial charge in [-0.25, -0.2) is 4.98 Å². The molecule has 0 aliphatic carbocycles. The van der Waals surface area contributed by atoms with Crippen molar-refractivity contribution in [2.75, 3.05) is 0 Å². The summed E-state index contributed by atoms with van der Waals surface area (Å²) in [5, 5.41) is 4.10. The van der Waals surface area contributed by atoms with Gasteiger partial charge in [0, 0.05) is 6.54 Å². The Balaban J connectivity index is 1.73. The van der Waals surface area contributed by atoms with Crippen LogP contribution in [0.5, 0.6) is 0 Å². The molecule has 0 amide bonds. The molecule has 1 aromatic heterocycles. The van der Waals surface area contributed by atoms with Crippen LogP contribution in [0.3, 0.4) is 0 Å². The Morgan fingerprint density at radius 1 is 0.778 bits per heavy atom. The smallest absolute Gasteiger partial charge is 0.137 e. The van der Waals surface area contributed by atoms with E-state index in [1.165, 1.54) is 70.6 Å². The van der Waals surface area contributed by atoms with Gasteiger partial charge in [0.15, 0.2) is 0 Å². The lowest BCUT2D eigenvalue weighted by atomic mass is 10.1. The summed E-state index contributed by atoms with van der Waals surface area (Å²) >= 11 is 0. The Morgan fingerprint density at radius 2 is 1.33 bits per heavy atom. The predicted octanol–water partition coefficient (Wildman–Crippen LogP) is 4.59. The van der Waals surface area contributed by atoms with Gasteiger partial charge in [-0.05, 0) is 6.42 Å². The molecule has 1 rings (SSSR count). The first kappa shape index (κ1) is 15.2. The van der Waals surface area contributed by atoms with Crippen LogP contribution in [0.1, 0.15) is 77.6 Å². The molecule has 1 heterocycles. The lowest BCUT2D eigenvalue weighted by Gasteiger charge is -2.02. The molecule has 0 saturated carbocycles. The van der Waals surface area contributed by atoms with Gasteiger partial charge < -0.3 is 0 Å². The van der Waals surface area contributed by atoms with Gasteiger partial charge in [0.2, 0.25) is 0 Å². The van der Waals surface area contributed by atoms with Crippen molar-refractivity contribution in [3.8, 4) is 0 Å². The topological polar surface area (TPSA) is 30.7 Å². The zero-order valence-electron chi connectivity index (χ0n) is 12.0. The van der Waals surface area contributed by atoms with Gasteiger partial charge in [-0.1, -0.05) is 71.1 Å². The molecular weight excluding hydrogens is 222 g/mol. The van der Waals surface area contributed by atoms with Gasteiger partial charge >= 0.3 is 0 Å². The number of aromatic nitrogens is 3. The van der Waals surface area contributed by atoms with Gasteiger partial charge in [0.25, 0.3) is 0 Å². The minimum Gasteiger partial charge on any atom is -0.253 e. The summed E-state index contributed by atoms with van der Waals surface area (Å²) in [5.41, 5.74) is 0. The van der Waals surface area contributed by atoms with E-state index in [-0.39, 0.29) is 0 Å². The summed E-state index contributed by atoms with van der Waals surface area (Å²) < 4.78 is 1.92. The minimum atomic E-state index is 1.02. The molecular formula is C15H29N3. The Kier molecular flexibility index (Phi) is 9.49. The summed E-state index contributed by atoms with van der Waals surface area (Å²) in [5.74, 6) is 0. The first-order valence-electron chi connectivity index (χ1n) is 7.76. The van der Waals surface area contributed by atoms with E-state index in [9.17, 15) is 0 Å². The lowest BCUT2D eigenvalue weighted by molar-refractivity contribution is 0.513. The van der Waals surface area contributed by atoms with Crippen molar-refractivity contribution in [2.24, 2.45) is 0 Å². The Hall–Kier alpha value is -0.860. The second kappa shape index (κ2) is 11.2. The molecule has 0 saturated heterocycles. The predicted molar refractivity (Wildman–Crippen MR) is 76.5 cm³/mol. The van der Waals surface area contributed by atoms with Crippen molar-refractivity contribution in [1.29, 1.82) is 0 Å². The van der Waals surface area contributed by atoms with E-state index in [4.69, 9.17) is 0 Å². The molecule has 0 unspecified atom stereocenters. The highest BCUT2D eigenvalue weighted by Crippen LogP contribution is 2.11. The monoisotopic (exact) mass is 251 g/mol. The van der Waals surface area contributed by atoms with E-state index in [0.717, 1.165) is 6.54 Å². The average molecular weight is 251 g/mol. The Morgan fingerprint density at radius 3 is 1.83 bits per heavy atom. The molecule has 0 radical (unpaired) electrons. The largest absolute Gasteiger partial charge is 0.253 e. The van der Waals surface area contributed by atoms with Crippen LogP contribution >= 0.6 is 0 Å². The first-order chi connectivity index (χ1) is 8.93. The maximum atomic E-state index is 4.10. The fourth-order valence-corrected chi connectivity index (χ4v) is 2.29. The van der Waals surface area contributed by atoms with Crippen molar-refractivity contribution in [1.82, 2.24) is 14.8 Å². The molecule has 0 aliphatic rings. The molecule has 0 N–H and O–H groups in total. The van der Waals surface area contributed by atoms with E-state index in [1.807, 2.05) is 4.68 Å². The molecule has 0 spiro atoms. The van der Waals surface area contributed by atoms with Crippen molar-refractivity contribution >= 4 is 0 Å². The van der Waals surface area contributed by atoms with Crippen LogP contribution in [-0.4, -0.2) is 14.8 Å². The minimum absolute atomic E-state index is 1.02. The second-order valence-electron chi connectivity index (χ2n) is 5.19. The van der Waals surface area contributed by atoms with Crippen LogP contribution in [0.25, 0.3) is 0 Å². The highest BCUT2D eigenvalue weighted by molar-refractivity contribution is 4.56. The van der Waals surface area contributed by atoms with E-state index < -0.39 is 0 Å². The van der Waals surface area contributed by atoms with E-state index in [2.05, 4.69) is 17.0 Å².